The van der Waals surface area contributed by atoms with Gasteiger partial charge in [-0.05, 0) is 61.4 Å². The summed E-state index contributed by atoms with van der Waals surface area (Å²) in [6.07, 6.45) is 3.89. The first-order chi connectivity index (χ1) is 21.3. The number of esters is 1. The zero-order valence-corrected chi connectivity index (χ0v) is 26.0. The van der Waals surface area contributed by atoms with Gasteiger partial charge in [0, 0.05) is 39.3 Å². The molecule has 44 heavy (non-hydrogen) atoms. The summed E-state index contributed by atoms with van der Waals surface area (Å²) in [6, 6.07) is 18.1. The molecule has 1 atom stereocenters. The molecule has 0 aliphatic carbocycles. The fourth-order valence-corrected chi connectivity index (χ4v) is 7.19. The lowest BCUT2D eigenvalue weighted by atomic mass is 9.95. The summed E-state index contributed by atoms with van der Waals surface area (Å²) in [5.74, 6) is 0.640. The zero-order valence-electron chi connectivity index (χ0n) is 23.7. The van der Waals surface area contributed by atoms with Gasteiger partial charge in [-0.3, -0.25) is 9.36 Å². The monoisotopic (exact) mass is 645 g/mol. The number of hydrogen-bond acceptors (Lipinski definition) is 7. The lowest BCUT2D eigenvalue weighted by Gasteiger charge is -2.24. The molecule has 0 amide bonds. The molecular weight excluding hydrogens is 621 g/mol. The number of fused-ring (bicyclic) bond motifs is 3. The van der Waals surface area contributed by atoms with Gasteiger partial charge in [-0.15, -0.1) is 0 Å². The number of aromatic nitrogens is 2. The van der Waals surface area contributed by atoms with Crippen LogP contribution in [-0.4, -0.2) is 28.5 Å². The number of halogens is 2. The van der Waals surface area contributed by atoms with E-state index >= 15 is 0 Å². The molecule has 0 N–H and O–H groups in total. The van der Waals surface area contributed by atoms with Crippen molar-refractivity contribution in [1.29, 1.82) is 0 Å². The molecule has 0 saturated carbocycles. The van der Waals surface area contributed by atoms with Crippen molar-refractivity contribution < 1.29 is 19.0 Å². The van der Waals surface area contributed by atoms with Crippen LogP contribution in [0.4, 0.5) is 0 Å². The molecule has 2 aliphatic heterocycles. The van der Waals surface area contributed by atoms with E-state index in [2.05, 4.69) is 4.57 Å². The van der Waals surface area contributed by atoms with Gasteiger partial charge >= 0.3 is 5.97 Å². The van der Waals surface area contributed by atoms with Gasteiger partial charge < -0.3 is 18.8 Å². The van der Waals surface area contributed by atoms with Crippen LogP contribution in [0.25, 0.3) is 17.0 Å². The van der Waals surface area contributed by atoms with E-state index in [4.69, 9.17) is 42.4 Å². The standard InChI is InChI=1S/C33H25Cl2N3O5S/c1-3-41-32(40)29-18(2)36-33-38(30(29)19-9-11-26-27(12-19)43-17-42-26)31(39)28(44-33)13-21-16-37(25-7-5-4-6-23(21)25)15-20-8-10-22(34)14-24(20)35/h4-14,16,30H,3,15,17H2,1-2H3/b28-13+. The third kappa shape index (κ3) is 4.91. The number of rotatable bonds is 6. The Kier molecular flexibility index (Phi) is 7.32. The number of nitrogens with zero attached hydrogens (tertiary/aromatic N) is 3. The Bertz CT molecular complexity index is 2200. The van der Waals surface area contributed by atoms with E-state index in [0.29, 0.717) is 54.3 Å². The van der Waals surface area contributed by atoms with Crippen LogP contribution in [-0.2, 0) is 16.1 Å². The van der Waals surface area contributed by atoms with Crippen LogP contribution in [0.2, 0.25) is 10.0 Å². The van der Waals surface area contributed by atoms with E-state index < -0.39 is 12.0 Å². The first kappa shape index (κ1) is 28.5. The molecular formula is C33H25Cl2N3O5S. The first-order valence-corrected chi connectivity index (χ1v) is 15.5. The minimum Gasteiger partial charge on any atom is -0.463 e. The molecule has 7 rings (SSSR count). The van der Waals surface area contributed by atoms with E-state index in [0.717, 1.165) is 22.0 Å². The van der Waals surface area contributed by atoms with Crippen LogP contribution < -0.4 is 24.4 Å². The highest BCUT2D eigenvalue weighted by molar-refractivity contribution is 7.07. The van der Waals surface area contributed by atoms with Crippen molar-refractivity contribution in [3.63, 3.8) is 0 Å². The smallest absolute Gasteiger partial charge is 0.338 e. The average molecular weight is 647 g/mol. The Morgan fingerprint density at radius 3 is 2.75 bits per heavy atom. The highest BCUT2D eigenvalue weighted by atomic mass is 35.5. The molecule has 8 nitrogen and oxygen atoms in total. The lowest BCUT2D eigenvalue weighted by molar-refractivity contribution is -0.139. The Balaban J connectivity index is 1.38. The SMILES string of the molecule is CCOC(=O)C1=C(C)N=c2s/c(=C/c3cn(Cc4ccc(Cl)cc4Cl)c4ccccc34)c(=O)n2C1c1ccc2c(c1)OCO2. The van der Waals surface area contributed by atoms with E-state index in [1.807, 2.05) is 54.7 Å². The number of hydrogen-bond donors (Lipinski definition) is 0. The molecule has 0 saturated heterocycles. The van der Waals surface area contributed by atoms with Crippen LogP contribution in [0, 0.1) is 0 Å². The van der Waals surface area contributed by atoms with E-state index in [1.165, 1.54) is 11.3 Å². The Morgan fingerprint density at radius 2 is 1.93 bits per heavy atom. The van der Waals surface area contributed by atoms with E-state index in [-0.39, 0.29) is 19.0 Å². The molecule has 11 heteroatoms. The summed E-state index contributed by atoms with van der Waals surface area (Å²) in [4.78, 5) is 32.6. The van der Waals surface area contributed by atoms with Crippen molar-refractivity contribution in [2.24, 2.45) is 4.99 Å². The van der Waals surface area contributed by atoms with Crippen LogP contribution in [0.15, 0.2) is 87.9 Å². The Labute approximate surface area is 265 Å². The normalized spacial score (nSPS) is 15.9. The van der Waals surface area contributed by atoms with Gasteiger partial charge in [-0.1, -0.05) is 64.9 Å². The zero-order chi connectivity index (χ0) is 30.5. The molecule has 2 aromatic heterocycles. The highest BCUT2D eigenvalue weighted by Crippen LogP contribution is 2.38. The van der Waals surface area contributed by atoms with E-state index in [9.17, 15) is 9.59 Å². The number of benzene rings is 3. The van der Waals surface area contributed by atoms with Crippen molar-refractivity contribution in [2.75, 3.05) is 13.4 Å². The van der Waals surface area contributed by atoms with Crippen molar-refractivity contribution in [1.82, 2.24) is 9.13 Å². The van der Waals surface area contributed by atoms with Gasteiger partial charge in [0.2, 0.25) is 6.79 Å². The fourth-order valence-electron chi connectivity index (χ4n) is 5.69. The summed E-state index contributed by atoms with van der Waals surface area (Å²) >= 11 is 13.9. The lowest BCUT2D eigenvalue weighted by Crippen LogP contribution is -2.39. The maximum Gasteiger partial charge on any atom is 0.338 e. The molecule has 0 spiro atoms. The van der Waals surface area contributed by atoms with Crippen LogP contribution in [0.3, 0.4) is 0 Å². The number of carbonyl (C=O) groups is 1. The number of carbonyl (C=O) groups excluding carboxylic acids is 1. The Morgan fingerprint density at radius 1 is 1.11 bits per heavy atom. The number of para-hydroxylation sites is 1. The summed E-state index contributed by atoms with van der Waals surface area (Å²) in [6.45, 7) is 4.34. The summed E-state index contributed by atoms with van der Waals surface area (Å²) in [5.41, 5.74) is 4.03. The van der Waals surface area contributed by atoms with Crippen LogP contribution in [0.1, 0.15) is 36.6 Å². The second-order valence-electron chi connectivity index (χ2n) is 10.4. The molecule has 222 valence electrons. The van der Waals surface area contributed by atoms with Gasteiger partial charge in [0.25, 0.3) is 5.56 Å². The third-order valence-corrected chi connectivity index (χ3v) is 9.26. The predicted molar refractivity (Wildman–Crippen MR) is 170 cm³/mol. The second-order valence-corrected chi connectivity index (χ2v) is 12.2. The van der Waals surface area contributed by atoms with Gasteiger partial charge in [-0.2, -0.15) is 0 Å². The molecule has 1 unspecified atom stereocenters. The average Bonchev–Trinajstić information content (AvgIpc) is 3.70. The van der Waals surface area contributed by atoms with Gasteiger partial charge in [0.15, 0.2) is 16.3 Å². The van der Waals surface area contributed by atoms with Gasteiger partial charge in [-0.25, -0.2) is 9.79 Å². The maximum atomic E-state index is 14.2. The van der Waals surface area contributed by atoms with Crippen molar-refractivity contribution in [3.8, 4) is 11.5 Å². The summed E-state index contributed by atoms with van der Waals surface area (Å²) in [7, 11) is 0. The molecule has 2 aliphatic rings. The van der Waals surface area contributed by atoms with Crippen molar-refractivity contribution in [2.45, 2.75) is 26.4 Å². The molecule has 0 radical (unpaired) electrons. The highest BCUT2D eigenvalue weighted by Gasteiger charge is 2.34. The Hall–Kier alpha value is -4.31. The number of thiazole rings is 1. The van der Waals surface area contributed by atoms with Crippen molar-refractivity contribution >= 4 is 57.5 Å². The molecule has 4 heterocycles. The van der Waals surface area contributed by atoms with Gasteiger partial charge in [0.1, 0.15) is 0 Å². The second kappa shape index (κ2) is 11.3. The molecule has 3 aromatic carbocycles. The summed E-state index contributed by atoms with van der Waals surface area (Å²) in [5, 5.41) is 2.15. The van der Waals surface area contributed by atoms with E-state index in [1.54, 1.807) is 36.6 Å². The van der Waals surface area contributed by atoms with Crippen LogP contribution >= 0.6 is 34.5 Å². The molecule has 0 fully saturated rings. The fraction of sp³-hybridized carbons (Fsp3) is 0.182. The molecule has 5 aromatic rings. The quantitative estimate of drug-likeness (QED) is 0.217. The van der Waals surface area contributed by atoms with Crippen LogP contribution in [0.5, 0.6) is 11.5 Å². The topological polar surface area (TPSA) is 84.1 Å². The first-order valence-electron chi connectivity index (χ1n) is 13.9. The maximum absolute atomic E-state index is 14.2. The third-order valence-electron chi connectivity index (χ3n) is 7.69. The molecule has 0 bridgehead atoms. The summed E-state index contributed by atoms with van der Waals surface area (Å²) < 4.78 is 20.7. The minimum atomic E-state index is -0.754. The minimum absolute atomic E-state index is 0.110. The largest absolute Gasteiger partial charge is 0.463 e. The van der Waals surface area contributed by atoms with Gasteiger partial charge in [0.05, 0.1) is 28.5 Å². The predicted octanol–water partition coefficient (Wildman–Crippen LogP) is 5.84. The number of allylic oxidation sites excluding steroid dienone is 1. The van der Waals surface area contributed by atoms with Crippen molar-refractivity contribution in [3.05, 3.63) is 125 Å². The number of ether oxygens (including phenoxy) is 3.